The topological polar surface area (TPSA) is 69.5 Å². The van der Waals surface area contributed by atoms with Crippen LogP contribution < -0.4 is 20.9 Å². The van der Waals surface area contributed by atoms with Crippen molar-refractivity contribution in [2.45, 2.75) is 27.7 Å². The first kappa shape index (κ1) is 19.8. The molecule has 0 aliphatic carbocycles. The van der Waals surface area contributed by atoms with E-state index >= 15 is 0 Å². The molecule has 7 heteroatoms. The van der Waals surface area contributed by atoms with Crippen LogP contribution in [0.25, 0.3) is 16.8 Å². The Kier molecular flexibility index (Phi) is 5.63. The molecule has 3 aromatic rings. The molecule has 28 heavy (non-hydrogen) atoms. The zero-order chi connectivity index (χ0) is 20.4. The van der Waals surface area contributed by atoms with Crippen molar-refractivity contribution in [2.75, 3.05) is 55.1 Å². The highest BCUT2D eigenvalue weighted by Gasteiger charge is 2.22. The van der Waals surface area contributed by atoms with Crippen molar-refractivity contribution in [1.29, 1.82) is 0 Å². The molecule has 0 fully saturated rings. The SMILES string of the molecule is CCN(CC)c1cc(C)nc2c(-c3c(NC)cc(NC)cc3NC)c(C)nn12. The first-order chi connectivity index (χ1) is 13.5. The molecule has 0 aliphatic rings. The number of nitrogens with one attached hydrogen (secondary N) is 3. The van der Waals surface area contributed by atoms with Gasteiger partial charge >= 0.3 is 0 Å². The Balaban J connectivity index is 2.38. The maximum absolute atomic E-state index is 4.88. The van der Waals surface area contributed by atoms with Crippen LogP contribution in [-0.4, -0.2) is 48.8 Å². The van der Waals surface area contributed by atoms with Gasteiger partial charge in [0.15, 0.2) is 5.65 Å². The summed E-state index contributed by atoms with van der Waals surface area (Å²) in [4.78, 5) is 7.19. The van der Waals surface area contributed by atoms with Gasteiger partial charge in [0, 0.05) is 68.6 Å². The van der Waals surface area contributed by atoms with Crippen LogP contribution in [0.1, 0.15) is 25.2 Å². The minimum Gasteiger partial charge on any atom is -0.388 e. The normalized spacial score (nSPS) is 11.0. The molecule has 0 saturated heterocycles. The molecule has 0 radical (unpaired) electrons. The van der Waals surface area contributed by atoms with Crippen LogP contribution in [0, 0.1) is 13.8 Å². The van der Waals surface area contributed by atoms with Crippen molar-refractivity contribution in [1.82, 2.24) is 14.6 Å². The van der Waals surface area contributed by atoms with Gasteiger partial charge in [0.2, 0.25) is 0 Å². The summed E-state index contributed by atoms with van der Waals surface area (Å²) in [6.45, 7) is 10.3. The number of fused-ring (bicyclic) bond motifs is 1. The van der Waals surface area contributed by atoms with E-state index in [4.69, 9.17) is 10.1 Å². The molecule has 7 nitrogen and oxygen atoms in total. The van der Waals surface area contributed by atoms with E-state index in [9.17, 15) is 0 Å². The number of hydrogen-bond acceptors (Lipinski definition) is 6. The van der Waals surface area contributed by atoms with E-state index in [1.165, 1.54) is 0 Å². The number of hydrogen-bond donors (Lipinski definition) is 3. The monoisotopic (exact) mass is 381 g/mol. The Bertz CT molecular complexity index is 961. The molecule has 3 N–H and O–H groups in total. The molecular weight excluding hydrogens is 350 g/mol. The summed E-state index contributed by atoms with van der Waals surface area (Å²) >= 11 is 0. The Morgan fingerprint density at radius 1 is 0.893 bits per heavy atom. The van der Waals surface area contributed by atoms with E-state index in [1.807, 2.05) is 32.6 Å². The summed E-state index contributed by atoms with van der Waals surface area (Å²) in [6, 6.07) is 6.33. The molecule has 0 atom stereocenters. The summed E-state index contributed by atoms with van der Waals surface area (Å²) in [5.74, 6) is 1.07. The molecule has 0 aliphatic heterocycles. The number of aryl methyl sites for hydroxylation is 2. The molecule has 2 aromatic heterocycles. The minimum atomic E-state index is 0.879. The smallest absolute Gasteiger partial charge is 0.165 e. The fourth-order valence-corrected chi connectivity index (χ4v) is 3.74. The van der Waals surface area contributed by atoms with E-state index in [-0.39, 0.29) is 0 Å². The second-order valence-corrected chi connectivity index (χ2v) is 6.82. The van der Waals surface area contributed by atoms with Gasteiger partial charge in [-0.2, -0.15) is 9.61 Å². The molecule has 0 spiro atoms. The summed E-state index contributed by atoms with van der Waals surface area (Å²) in [6.07, 6.45) is 0. The van der Waals surface area contributed by atoms with Crippen LogP contribution in [-0.2, 0) is 0 Å². The Morgan fingerprint density at radius 2 is 1.50 bits per heavy atom. The Hall–Kier alpha value is -2.96. The highest BCUT2D eigenvalue weighted by Crippen LogP contribution is 2.41. The van der Waals surface area contributed by atoms with Crippen LogP contribution in [0.15, 0.2) is 18.2 Å². The summed E-state index contributed by atoms with van der Waals surface area (Å²) in [7, 11) is 5.81. The molecule has 0 bridgehead atoms. The lowest BCUT2D eigenvalue weighted by molar-refractivity contribution is 0.792. The third-order valence-electron chi connectivity index (χ3n) is 5.18. The van der Waals surface area contributed by atoms with Gasteiger partial charge in [-0.3, -0.25) is 0 Å². The fraction of sp³-hybridized carbons (Fsp3) is 0.429. The van der Waals surface area contributed by atoms with Gasteiger partial charge in [-0.15, -0.1) is 0 Å². The quantitative estimate of drug-likeness (QED) is 0.575. The van der Waals surface area contributed by atoms with E-state index in [0.717, 1.165) is 64.1 Å². The molecule has 1 aromatic carbocycles. The molecule has 150 valence electrons. The van der Waals surface area contributed by atoms with Gasteiger partial charge in [-0.1, -0.05) is 0 Å². The second-order valence-electron chi connectivity index (χ2n) is 6.82. The highest BCUT2D eigenvalue weighted by molar-refractivity contribution is 5.97. The maximum atomic E-state index is 4.88. The number of nitrogens with zero attached hydrogens (tertiary/aromatic N) is 4. The predicted octanol–water partition coefficient (Wildman–Crippen LogP) is 3.98. The third kappa shape index (κ3) is 3.21. The predicted molar refractivity (Wildman–Crippen MR) is 120 cm³/mol. The Labute approximate surface area is 167 Å². The van der Waals surface area contributed by atoms with Crippen molar-refractivity contribution < 1.29 is 0 Å². The summed E-state index contributed by atoms with van der Waals surface area (Å²) in [5.41, 5.74) is 8.05. The van der Waals surface area contributed by atoms with E-state index in [0.29, 0.717) is 0 Å². The van der Waals surface area contributed by atoms with E-state index in [1.54, 1.807) is 0 Å². The molecule has 0 saturated carbocycles. The highest BCUT2D eigenvalue weighted by atomic mass is 15.3. The van der Waals surface area contributed by atoms with Gasteiger partial charge in [-0.05, 0) is 39.8 Å². The average molecular weight is 382 g/mol. The fourth-order valence-electron chi connectivity index (χ4n) is 3.74. The van der Waals surface area contributed by atoms with Crippen molar-refractivity contribution in [2.24, 2.45) is 0 Å². The molecule has 0 unspecified atom stereocenters. The summed E-state index contributed by atoms with van der Waals surface area (Å²) < 4.78 is 1.98. The summed E-state index contributed by atoms with van der Waals surface area (Å²) in [5, 5.41) is 14.8. The lowest BCUT2D eigenvalue weighted by atomic mass is 10.0. The number of benzene rings is 1. The standard InChI is InChI=1S/C21H31N7/c1-8-27(9-2)18-10-13(3)25-21-19(14(4)26-28(18)21)20-16(23-6)11-15(22-5)12-17(20)24-7/h10-12,22-24H,8-9H2,1-7H3. The van der Waals surface area contributed by atoms with Crippen LogP contribution in [0.2, 0.25) is 0 Å². The van der Waals surface area contributed by atoms with Gasteiger partial charge in [0.25, 0.3) is 0 Å². The first-order valence-corrected chi connectivity index (χ1v) is 9.82. The largest absolute Gasteiger partial charge is 0.388 e. The van der Waals surface area contributed by atoms with Crippen molar-refractivity contribution in [3.05, 3.63) is 29.6 Å². The lowest BCUT2D eigenvalue weighted by Crippen LogP contribution is -2.25. The van der Waals surface area contributed by atoms with Crippen LogP contribution in [0.3, 0.4) is 0 Å². The van der Waals surface area contributed by atoms with Gasteiger partial charge in [-0.25, -0.2) is 4.98 Å². The molecule has 0 amide bonds. The van der Waals surface area contributed by atoms with E-state index in [2.05, 4.69) is 59.8 Å². The van der Waals surface area contributed by atoms with Crippen LogP contribution >= 0.6 is 0 Å². The molecule has 3 rings (SSSR count). The maximum Gasteiger partial charge on any atom is 0.165 e. The zero-order valence-electron chi connectivity index (χ0n) is 17.9. The van der Waals surface area contributed by atoms with Gasteiger partial charge in [0.1, 0.15) is 5.82 Å². The van der Waals surface area contributed by atoms with Crippen LogP contribution in [0.4, 0.5) is 22.9 Å². The van der Waals surface area contributed by atoms with Gasteiger partial charge < -0.3 is 20.9 Å². The number of anilines is 4. The average Bonchev–Trinajstić information content (AvgIpc) is 3.03. The van der Waals surface area contributed by atoms with Gasteiger partial charge in [0.05, 0.1) is 11.3 Å². The Morgan fingerprint density at radius 3 is 2.00 bits per heavy atom. The first-order valence-electron chi connectivity index (χ1n) is 9.82. The van der Waals surface area contributed by atoms with Crippen molar-refractivity contribution >= 4 is 28.5 Å². The second kappa shape index (κ2) is 7.96. The van der Waals surface area contributed by atoms with Crippen molar-refractivity contribution in [3.63, 3.8) is 0 Å². The van der Waals surface area contributed by atoms with Crippen LogP contribution in [0.5, 0.6) is 0 Å². The molecule has 2 heterocycles. The third-order valence-corrected chi connectivity index (χ3v) is 5.18. The lowest BCUT2D eigenvalue weighted by Gasteiger charge is -2.22. The molecular formula is C21H31N7. The zero-order valence-corrected chi connectivity index (χ0v) is 17.9. The van der Waals surface area contributed by atoms with Crippen molar-refractivity contribution in [3.8, 4) is 11.1 Å². The number of aromatic nitrogens is 3. The van der Waals surface area contributed by atoms with E-state index < -0.39 is 0 Å². The minimum absolute atomic E-state index is 0.879. The number of rotatable bonds is 7.